The van der Waals surface area contributed by atoms with Crippen LogP contribution < -0.4 is 35.1 Å². The van der Waals surface area contributed by atoms with Crippen LogP contribution in [0.15, 0.2) is 48.7 Å². The topological polar surface area (TPSA) is 172 Å². The number of methoxy groups -OCH3 is 4. The van der Waals surface area contributed by atoms with Gasteiger partial charge in [-0.1, -0.05) is 6.07 Å². The minimum Gasteiger partial charge on any atom is -0.496 e. The zero-order valence-electron chi connectivity index (χ0n) is 21.3. The summed E-state index contributed by atoms with van der Waals surface area (Å²) in [6.07, 6.45) is 2.76. The molecule has 202 valence electrons. The van der Waals surface area contributed by atoms with E-state index in [0.717, 1.165) is 0 Å². The quantitative estimate of drug-likeness (QED) is 0.263. The van der Waals surface area contributed by atoms with Gasteiger partial charge < -0.3 is 35.5 Å². The summed E-state index contributed by atoms with van der Waals surface area (Å²) in [5, 5.41) is 9.70. The van der Waals surface area contributed by atoms with Gasteiger partial charge in [0.15, 0.2) is 0 Å². The second-order valence-electron chi connectivity index (χ2n) is 8.03. The van der Waals surface area contributed by atoms with Gasteiger partial charge in [-0.2, -0.15) is 0 Å². The van der Waals surface area contributed by atoms with Gasteiger partial charge in [0.1, 0.15) is 23.0 Å². The van der Waals surface area contributed by atoms with Crippen molar-refractivity contribution in [2.24, 2.45) is 0 Å². The van der Waals surface area contributed by atoms with Gasteiger partial charge >= 0.3 is 5.97 Å². The molecule has 3 aromatic carbocycles. The van der Waals surface area contributed by atoms with Gasteiger partial charge in [-0.3, -0.25) is 4.72 Å². The first kappa shape index (κ1) is 28.0. The normalized spacial score (nSPS) is 11.3. The van der Waals surface area contributed by atoms with Crippen LogP contribution in [0.1, 0.15) is 21.5 Å². The molecule has 0 bridgehead atoms. The largest absolute Gasteiger partial charge is 0.496 e. The molecule has 0 aliphatic heterocycles. The molecule has 11 nitrogen and oxygen atoms in total. The third-order valence-corrected chi connectivity index (χ3v) is 6.77. The molecule has 0 saturated carbocycles. The van der Waals surface area contributed by atoms with Gasteiger partial charge in [0.05, 0.1) is 45.3 Å². The average Bonchev–Trinajstić information content (AvgIpc) is 2.87. The number of hydrogen-bond acceptors (Lipinski definition) is 9. The van der Waals surface area contributed by atoms with E-state index in [-0.39, 0.29) is 22.5 Å². The van der Waals surface area contributed by atoms with Crippen molar-refractivity contribution in [3.8, 4) is 34.1 Å². The number of carboxylic acid groups (broad SMARTS) is 1. The summed E-state index contributed by atoms with van der Waals surface area (Å²) < 4.78 is 49.5. The van der Waals surface area contributed by atoms with Crippen LogP contribution in [0.5, 0.6) is 23.0 Å². The van der Waals surface area contributed by atoms with Crippen molar-refractivity contribution < 1.29 is 37.3 Å². The molecule has 0 heterocycles. The van der Waals surface area contributed by atoms with E-state index < -0.39 is 21.7 Å². The number of rotatable bonds is 11. The predicted molar refractivity (Wildman–Crippen MR) is 145 cm³/mol. The van der Waals surface area contributed by atoms with Crippen molar-refractivity contribution in [2.45, 2.75) is 5.75 Å². The van der Waals surface area contributed by atoms with E-state index in [1.165, 1.54) is 58.9 Å². The van der Waals surface area contributed by atoms with Crippen LogP contribution in [0, 0.1) is 0 Å². The Morgan fingerprint density at radius 1 is 0.921 bits per heavy atom. The van der Waals surface area contributed by atoms with E-state index in [0.29, 0.717) is 39.7 Å². The van der Waals surface area contributed by atoms with Gasteiger partial charge in [0, 0.05) is 40.8 Å². The summed E-state index contributed by atoms with van der Waals surface area (Å²) >= 11 is 0. The number of aromatic carboxylic acids is 1. The zero-order chi connectivity index (χ0) is 28.0. The molecule has 0 spiro atoms. The Hall–Kier alpha value is -4.58. The number of carboxylic acids is 1. The van der Waals surface area contributed by atoms with E-state index in [9.17, 15) is 18.3 Å². The second-order valence-corrected chi connectivity index (χ2v) is 9.78. The summed E-state index contributed by atoms with van der Waals surface area (Å²) in [7, 11) is 2.00. The number of nitrogens with two attached hydrogens (primary N) is 2. The first-order valence-corrected chi connectivity index (χ1v) is 12.7. The lowest BCUT2D eigenvalue weighted by Crippen LogP contribution is -2.19. The summed E-state index contributed by atoms with van der Waals surface area (Å²) in [4.78, 5) is 11.9. The lowest BCUT2D eigenvalue weighted by molar-refractivity contribution is 0.0697. The monoisotopic (exact) mass is 543 g/mol. The number of benzene rings is 3. The first-order chi connectivity index (χ1) is 18.0. The van der Waals surface area contributed by atoms with Crippen molar-refractivity contribution in [3.05, 3.63) is 65.4 Å². The van der Waals surface area contributed by atoms with Crippen molar-refractivity contribution >= 4 is 33.4 Å². The molecule has 3 rings (SSSR count). The van der Waals surface area contributed by atoms with Crippen LogP contribution in [0.25, 0.3) is 17.2 Å². The molecular weight excluding hydrogens is 514 g/mol. The van der Waals surface area contributed by atoms with Gasteiger partial charge in [0.25, 0.3) is 0 Å². The van der Waals surface area contributed by atoms with Crippen LogP contribution >= 0.6 is 0 Å². The molecular formula is C26H29N3O8S. The van der Waals surface area contributed by atoms with E-state index in [1.54, 1.807) is 24.3 Å². The number of nitrogens with one attached hydrogen (secondary N) is 1. The molecule has 12 heteroatoms. The number of sulfonamides is 1. The van der Waals surface area contributed by atoms with Crippen LogP contribution in [0.2, 0.25) is 0 Å². The van der Waals surface area contributed by atoms with Crippen molar-refractivity contribution in [1.82, 2.24) is 4.72 Å². The van der Waals surface area contributed by atoms with Crippen LogP contribution in [0.4, 0.5) is 11.4 Å². The zero-order valence-corrected chi connectivity index (χ0v) is 22.1. The van der Waals surface area contributed by atoms with E-state index >= 15 is 0 Å². The highest BCUT2D eigenvalue weighted by Gasteiger charge is 2.21. The Morgan fingerprint density at radius 2 is 1.55 bits per heavy atom. The maximum Gasteiger partial charge on any atom is 0.336 e. The van der Waals surface area contributed by atoms with Crippen molar-refractivity contribution in [3.63, 3.8) is 0 Å². The van der Waals surface area contributed by atoms with E-state index in [4.69, 9.17) is 30.4 Å². The molecule has 0 saturated heterocycles. The molecule has 0 aliphatic rings. The van der Waals surface area contributed by atoms with Gasteiger partial charge in [-0.25, -0.2) is 13.2 Å². The van der Waals surface area contributed by atoms with Crippen molar-refractivity contribution in [1.29, 1.82) is 0 Å². The Labute approximate surface area is 220 Å². The van der Waals surface area contributed by atoms with E-state index in [1.807, 2.05) is 0 Å². The lowest BCUT2D eigenvalue weighted by atomic mass is 9.95. The molecule has 0 atom stereocenters. The van der Waals surface area contributed by atoms with Crippen LogP contribution in [-0.4, -0.2) is 47.9 Å². The third-order valence-electron chi connectivity index (χ3n) is 5.56. The summed E-state index contributed by atoms with van der Waals surface area (Å²) in [6.45, 7) is 0. The maximum atomic E-state index is 12.9. The van der Waals surface area contributed by atoms with Gasteiger partial charge in [-0.15, -0.1) is 0 Å². The molecule has 0 unspecified atom stereocenters. The average molecular weight is 544 g/mol. The summed E-state index contributed by atoms with van der Waals surface area (Å²) in [5.74, 6) is 0.0210. The van der Waals surface area contributed by atoms with E-state index in [2.05, 4.69) is 4.72 Å². The number of hydrogen-bond donors (Lipinski definition) is 4. The fourth-order valence-electron chi connectivity index (χ4n) is 3.88. The SMILES string of the molecule is COc1cc(OC)c(C=CNS(=O)(=O)Cc2ccc(OC)c(-c3c(N)cc(N)cc3C(=O)O)c2)c(OC)c1. The maximum absolute atomic E-state index is 12.9. The number of ether oxygens (including phenoxy) is 4. The second kappa shape index (κ2) is 11.6. The number of nitrogen functional groups attached to an aromatic ring is 2. The van der Waals surface area contributed by atoms with Crippen LogP contribution in [-0.2, 0) is 15.8 Å². The molecule has 0 aromatic heterocycles. The standard InChI is InChI=1S/C26H29N3O8S/c1-34-17-12-23(36-3)18(24(13-17)37-4)7-8-29-38(32,33)14-15-5-6-22(35-2)19(9-15)25-20(26(30)31)10-16(27)11-21(25)28/h5-13,29H,14,27-28H2,1-4H3,(H,30,31). The van der Waals surface area contributed by atoms with Gasteiger partial charge in [0.2, 0.25) is 10.0 Å². The highest BCUT2D eigenvalue weighted by atomic mass is 32.2. The molecule has 0 aliphatic carbocycles. The molecule has 38 heavy (non-hydrogen) atoms. The summed E-state index contributed by atoms with van der Waals surface area (Å²) in [6, 6.07) is 10.6. The summed E-state index contributed by atoms with van der Waals surface area (Å²) in [5.41, 5.74) is 13.4. The fourth-order valence-corrected chi connectivity index (χ4v) is 4.85. The highest BCUT2D eigenvalue weighted by molar-refractivity contribution is 7.88. The first-order valence-electron chi connectivity index (χ1n) is 11.1. The number of carbonyl (C=O) groups is 1. The van der Waals surface area contributed by atoms with Crippen LogP contribution in [0.3, 0.4) is 0 Å². The molecule has 0 radical (unpaired) electrons. The Balaban J connectivity index is 1.93. The molecule has 6 N–H and O–H groups in total. The molecule has 0 amide bonds. The predicted octanol–water partition coefficient (Wildman–Crippen LogP) is 3.34. The fraction of sp³-hybridized carbons (Fsp3) is 0.192. The Bertz CT molecular complexity index is 1460. The minimum atomic E-state index is -3.87. The third kappa shape index (κ3) is 6.21. The lowest BCUT2D eigenvalue weighted by Gasteiger charge is -2.16. The highest BCUT2D eigenvalue weighted by Crippen LogP contribution is 2.39. The number of anilines is 2. The van der Waals surface area contributed by atoms with Gasteiger partial charge in [-0.05, 0) is 35.9 Å². The smallest absolute Gasteiger partial charge is 0.336 e. The minimum absolute atomic E-state index is 0.115. The molecule has 3 aromatic rings. The Morgan fingerprint density at radius 3 is 2.11 bits per heavy atom. The van der Waals surface area contributed by atoms with Crippen molar-refractivity contribution in [2.75, 3.05) is 39.9 Å². The Kier molecular flexibility index (Phi) is 8.58. The molecule has 0 fully saturated rings.